The van der Waals surface area contributed by atoms with Crippen LogP contribution in [0.25, 0.3) is 21.8 Å². The molecule has 0 fully saturated rings. The van der Waals surface area contributed by atoms with E-state index in [-0.39, 0.29) is 11.5 Å². The molecule has 0 radical (unpaired) electrons. The predicted molar refractivity (Wildman–Crippen MR) is 96.3 cm³/mol. The minimum Gasteiger partial charge on any atom is -0.504 e. The minimum absolute atomic E-state index is 0.112. The highest BCUT2D eigenvalue weighted by molar-refractivity contribution is 6.07. The fourth-order valence-corrected chi connectivity index (χ4v) is 2.90. The zero-order chi connectivity index (χ0) is 16.5. The van der Waals surface area contributed by atoms with Crippen LogP contribution in [0.5, 0.6) is 11.5 Å². The van der Waals surface area contributed by atoms with E-state index in [1.54, 1.807) is 12.1 Å². The van der Waals surface area contributed by atoms with Crippen LogP contribution in [0.15, 0.2) is 66.7 Å². The van der Waals surface area contributed by atoms with Crippen molar-refractivity contribution >= 4 is 27.5 Å². The highest BCUT2D eigenvalue weighted by Gasteiger charge is 2.09. The molecule has 4 nitrogen and oxygen atoms in total. The number of para-hydroxylation sites is 2. The summed E-state index contributed by atoms with van der Waals surface area (Å²) >= 11 is 0. The first-order valence-electron chi connectivity index (χ1n) is 7.74. The van der Waals surface area contributed by atoms with E-state index in [0.29, 0.717) is 6.54 Å². The second-order valence-electron chi connectivity index (χ2n) is 5.70. The summed E-state index contributed by atoms with van der Waals surface area (Å²) in [7, 11) is 0. The Balaban J connectivity index is 1.80. The molecule has 0 aliphatic rings. The van der Waals surface area contributed by atoms with Gasteiger partial charge < -0.3 is 15.5 Å². The van der Waals surface area contributed by atoms with Crippen molar-refractivity contribution in [2.45, 2.75) is 6.54 Å². The van der Waals surface area contributed by atoms with Gasteiger partial charge in [-0.05, 0) is 29.8 Å². The molecule has 0 spiro atoms. The Kier molecular flexibility index (Phi) is 3.43. The van der Waals surface area contributed by atoms with Gasteiger partial charge in [0, 0.05) is 17.3 Å². The van der Waals surface area contributed by atoms with Gasteiger partial charge in [-0.15, -0.1) is 0 Å². The molecule has 3 N–H and O–H groups in total. The summed E-state index contributed by atoms with van der Waals surface area (Å²) in [5.74, 6) is -0.225. The Morgan fingerprint density at radius 3 is 2.00 bits per heavy atom. The van der Waals surface area contributed by atoms with E-state index >= 15 is 0 Å². The zero-order valence-electron chi connectivity index (χ0n) is 12.9. The van der Waals surface area contributed by atoms with E-state index in [9.17, 15) is 10.2 Å². The van der Waals surface area contributed by atoms with Crippen LogP contribution in [0, 0.1) is 0 Å². The number of fused-ring (bicyclic) bond motifs is 2. The third-order valence-electron chi connectivity index (χ3n) is 4.10. The molecule has 0 bridgehead atoms. The van der Waals surface area contributed by atoms with Crippen molar-refractivity contribution in [3.05, 3.63) is 72.3 Å². The number of benzene rings is 3. The van der Waals surface area contributed by atoms with Gasteiger partial charge in [-0.2, -0.15) is 0 Å². The van der Waals surface area contributed by atoms with Crippen LogP contribution in [-0.4, -0.2) is 15.2 Å². The number of nitrogens with zero attached hydrogens (tertiary/aromatic N) is 1. The second-order valence-corrected chi connectivity index (χ2v) is 5.70. The molecule has 3 aromatic carbocycles. The van der Waals surface area contributed by atoms with E-state index in [1.165, 1.54) is 6.07 Å². The van der Waals surface area contributed by atoms with Crippen LogP contribution in [0.4, 0.5) is 5.69 Å². The molecule has 4 aromatic rings. The van der Waals surface area contributed by atoms with Gasteiger partial charge in [-0.1, -0.05) is 42.5 Å². The first kappa shape index (κ1) is 14.3. The number of hydrogen-bond acceptors (Lipinski definition) is 4. The molecule has 0 amide bonds. The number of phenols is 2. The van der Waals surface area contributed by atoms with Crippen molar-refractivity contribution in [1.82, 2.24) is 4.98 Å². The largest absolute Gasteiger partial charge is 0.504 e. The molecule has 4 heteroatoms. The fourth-order valence-electron chi connectivity index (χ4n) is 2.90. The smallest absolute Gasteiger partial charge is 0.157 e. The number of phenolic OH excluding ortho intramolecular Hbond substituents is 2. The molecule has 24 heavy (non-hydrogen) atoms. The monoisotopic (exact) mass is 316 g/mol. The molecule has 0 unspecified atom stereocenters. The van der Waals surface area contributed by atoms with Crippen molar-refractivity contribution in [3.8, 4) is 11.5 Å². The Labute approximate surface area is 139 Å². The molecule has 4 rings (SSSR count). The van der Waals surface area contributed by atoms with E-state index in [0.717, 1.165) is 33.1 Å². The van der Waals surface area contributed by atoms with Gasteiger partial charge in [0.1, 0.15) is 0 Å². The maximum atomic E-state index is 9.65. The minimum atomic E-state index is -0.112. The van der Waals surface area contributed by atoms with Crippen molar-refractivity contribution in [1.29, 1.82) is 0 Å². The molecular weight excluding hydrogens is 300 g/mol. The molecule has 0 atom stereocenters. The maximum absolute atomic E-state index is 9.65. The molecule has 118 valence electrons. The summed E-state index contributed by atoms with van der Waals surface area (Å²) < 4.78 is 0. The number of anilines is 1. The highest BCUT2D eigenvalue weighted by Crippen LogP contribution is 2.31. The lowest BCUT2D eigenvalue weighted by molar-refractivity contribution is 0.403. The number of nitrogens with one attached hydrogen (secondary N) is 1. The summed E-state index contributed by atoms with van der Waals surface area (Å²) in [6, 6.07) is 20.9. The van der Waals surface area contributed by atoms with Gasteiger partial charge >= 0.3 is 0 Å². The van der Waals surface area contributed by atoms with Crippen LogP contribution < -0.4 is 5.32 Å². The second kappa shape index (κ2) is 5.74. The van der Waals surface area contributed by atoms with Crippen molar-refractivity contribution in [2.24, 2.45) is 0 Å². The Hall–Kier alpha value is -3.27. The molecule has 0 aliphatic heterocycles. The fraction of sp³-hybridized carbons (Fsp3) is 0.0500. The number of pyridine rings is 1. The molecule has 1 heterocycles. The van der Waals surface area contributed by atoms with Crippen LogP contribution in [0.2, 0.25) is 0 Å². The van der Waals surface area contributed by atoms with Crippen LogP contribution >= 0.6 is 0 Å². The van der Waals surface area contributed by atoms with Gasteiger partial charge in [0.2, 0.25) is 0 Å². The SMILES string of the molecule is Oc1ccc(CNc2c3ccccc3nc3ccccc23)cc1O. The van der Waals surface area contributed by atoms with Gasteiger partial charge in [0.15, 0.2) is 11.5 Å². The van der Waals surface area contributed by atoms with E-state index < -0.39 is 0 Å². The van der Waals surface area contributed by atoms with E-state index in [1.807, 2.05) is 48.5 Å². The lowest BCUT2D eigenvalue weighted by atomic mass is 10.1. The Morgan fingerprint density at radius 1 is 0.750 bits per heavy atom. The third kappa shape index (κ3) is 2.48. The average Bonchev–Trinajstić information content (AvgIpc) is 2.61. The summed E-state index contributed by atoms with van der Waals surface area (Å²) in [4.78, 5) is 4.71. The summed E-state index contributed by atoms with van der Waals surface area (Å²) in [6.45, 7) is 0.534. The van der Waals surface area contributed by atoms with Crippen molar-refractivity contribution < 1.29 is 10.2 Å². The van der Waals surface area contributed by atoms with Gasteiger partial charge in [-0.3, -0.25) is 0 Å². The lowest BCUT2D eigenvalue weighted by Gasteiger charge is -2.13. The quantitative estimate of drug-likeness (QED) is 0.387. The Bertz CT molecular complexity index is 990. The lowest BCUT2D eigenvalue weighted by Crippen LogP contribution is -2.01. The van der Waals surface area contributed by atoms with Gasteiger partial charge in [0.25, 0.3) is 0 Å². The molecule has 0 aliphatic carbocycles. The normalized spacial score (nSPS) is 11.0. The molecule has 0 saturated heterocycles. The zero-order valence-corrected chi connectivity index (χ0v) is 12.9. The number of rotatable bonds is 3. The number of aromatic hydroxyl groups is 2. The Morgan fingerprint density at radius 2 is 1.38 bits per heavy atom. The van der Waals surface area contributed by atoms with Crippen molar-refractivity contribution in [2.75, 3.05) is 5.32 Å². The molecular formula is C20H16N2O2. The van der Waals surface area contributed by atoms with Gasteiger partial charge in [-0.25, -0.2) is 4.98 Å². The van der Waals surface area contributed by atoms with Gasteiger partial charge in [0.05, 0.1) is 16.7 Å². The van der Waals surface area contributed by atoms with Crippen LogP contribution in [0.1, 0.15) is 5.56 Å². The van der Waals surface area contributed by atoms with Crippen LogP contribution in [-0.2, 0) is 6.54 Å². The standard InChI is InChI=1S/C20H16N2O2/c23-18-10-9-13(11-19(18)24)12-21-20-14-5-1-3-7-16(14)22-17-8-4-2-6-15(17)20/h1-11,23-24H,12H2,(H,21,22). The third-order valence-corrected chi connectivity index (χ3v) is 4.10. The predicted octanol–water partition coefficient (Wildman–Crippen LogP) is 4.41. The maximum Gasteiger partial charge on any atom is 0.157 e. The summed E-state index contributed by atoms with van der Waals surface area (Å²) in [5, 5.41) is 24.7. The van der Waals surface area contributed by atoms with E-state index in [4.69, 9.17) is 4.98 Å². The average molecular weight is 316 g/mol. The highest BCUT2D eigenvalue weighted by atomic mass is 16.3. The molecule has 0 saturated carbocycles. The summed E-state index contributed by atoms with van der Waals surface area (Å²) in [6.07, 6.45) is 0. The number of hydrogen-bond donors (Lipinski definition) is 3. The van der Waals surface area contributed by atoms with Crippen molar-refractivity contribution in [3.63, 3.8) is 0 Å². The van der Waals surface area contributed by atoms with E-state index in [2.05, 4.69) is 5.32 Å². The topological polar surface area (TPSA) is 65.4 Å². The summed E-state index contributed by atoms with van der Waals surface area (Å²) in [5.41, 5.74) is 3.78. The molecule has 1 aromatic heterocycles. The first-order valence-corrected chi connectivity index (χ1v) is 7.74. The number of aromatic nitrogens is 1. The van der Waals surface area contributed by atoms with Crippen LogP contribution in [0.3, 0.4) is 0 Å². The first-order chi connectivity index (χ1) is 11.7.